The van der Waals surface area contributed by atoms with Crippen molar-refractivity contribution in [2.75, 3.05) is 39.6 Å². The summed E-state index contributed by atoms with van der Waals surface area (Å²) < 4.78 is 68.5. The number of phosphoric acid groups is 2. The lowest BCUT2D eigenvalue weighted by Gasteiger charge is -2.21. The first kappa shape index (κ1) is 101. The van der Waals surface area contributed by atoms with E-state index in [1.165, 1.54) is 64.2 Å². The normalized spacial score (nSPS) is 14.7. The fraction of sp³-hybridized carbons (Fsp3) is 0.655. The van der Waals surface area contributed by atoms with Crippen LogP contribution in [0.2, 0.25) is 0 Å². The molecule has 19 heteroatoms. The molecule has 17 nitrogen and oxygen atoms in total. The van der Waals surface area contributed by atoms with E-state index in [1.54, 1.807) is 0 Å². The molecule has 0 aromatic carbocycles. The molecule has 0 aliphatic heterocycles. The van der Waals surface area contributed by atoms with Gasteiger partial charge in [0.05, 0.1) is 26.4 Å². The first-order chi connectivity index (χ1) is 51.7. The lowest BCUT2D eigenvalue weighted by Crippen LogP contribution is -2.30. The summed E-state index contributed by atoms with van der Waals surface area (Å²) in [5.41, 5.74) is 0. The fourth-order valence-electron chi connectivity index (χ4n) is 10.3. The van der Waals surface area contributed by atoms with Crippen LogP contribution in [-0.2, 0) is 65.4 Å². The van der Waals surface area contributed by atoms with Gasteiger partial charge in [0.25, 0.3) is 0 Å². The molecule has 0 heterocycles. The Morgan fingerprint density at radius 1 is 0.274 bits per heavy atom. The maximum Gasteiger partial charge on any atom is 0.472 e. The van der Waals surface area contributed by atoms with Crippen LogP contribution in [0.3, 0.4) is 0 Å². The summed E-state index contributed by atoms with van der Waals surface area (Å²) in [6.45, 7) is 4.54. The fourth-order valence-corrected chi connectivity index (χ4v) is 11.8. The minimum absolute atomic E-state index is 0.0418. The van der Waals surface area contributed by atoms with Crippen molar-refractivity contribution in [3.63, 3.8) is 0 Å². The second kappa shape index (κ2) is 77.8. The Morgan fingerprint density at radius 2 is 0.509 bits per heavy atom. The predicted octanol–water partition coefficient (Wildman–Crippen LogP) is 24.0. The van der Waals surface area contributed by atoms with Crippen molar-refractivity contribution in [1.29, 1.82) is 0 Å². The molecule has 0 aliphatic carbocycles. The van der Waals surface area contributed by atoms with Gasteiger partial charge in [-0.25, -0.2) is 9.13 Å². The van der Waals surface area contributed by atoms with E-state index in [-0.39, 0.29) is 25.7 Å². The maximum atomic E-state index is 13.1. The molecule has 0 spiro atoms. The highest BCUT2D eigenvalue weighted by Crippen LogP contribution is 2.45. The Hall–Kier alpha value is -5.32. The number of hydrogen-bond acceptors (Lipinski definition) is 15. The van der Waals surface area contributed by atoms with Crippen molar-refractivity contribution in [2.45, 2.75) is 329 Å². The predicted molar refractivity (Wildman–Crippen MR) is 436 cm³/mol. The van der Waals surface area contributed by atoms with Crippen LogP contribution in [-0.4, -0.2) is 96.7 Å². The number of aliphatic hydroxyl groups excluding tert-OH is 1. The SMILES string of the molecule is CC/C=C\C/C=C\C/C=C\C/C=C\C/C=C\CCCCCC(=O)OC[C@H](COP(=O)(O)OC[C@@H](O)COP(=O)(O)OC[C@@H](COC(=O)CCCCCCC/C=C\C/C=C\CCCCC)OC(=O)CCCCCCC/C=C\CCCCCC)OC(=O)CC/C=C\C/C=C\C/C=C\C/C=C\C/C=C\CCCCC. The van der Waals surface area contributed by atoms with Gasteiger partial charge in [-0.1, -0.05) is 276 Å². The van der Waals surface area contributed by atoms with E-state index in [4.69, 9.17) is 37.0 Å². The van der Waals surface area contributed by atoms with Gasteiger partial charge in [0, 0.05) is 25.7 Å². The van der Waals surface area contributed by atoms with E-state index in [2.05, 4.69) is 167 Å². The highest BCUT2D eigenvalue weighted by Gasteiger charge is 2.30. The molecule has 3 N–H and O–H groups in total. The number of unbranched alkanes of at least 4 members (excludes halogenated alkanes) is 23. The third kappa shape index (κ3) is 76.9. The van der Waals surface area contributed by atoms with Gasteiger partial charge in [0.15, 0.2) is 12.2 Å². The van der Waals surface area contributed by atoms with Crippen LogP contribution in [0, 0.1) is 0 Å². The van der Waals surface area contributed by atoms with Gasteiger partial charge in [-0.2, -0.15) is 0 Å². The summed E-state index contributed by atoms with van der Waals surface area (Å²) in [7, 11) is -10.0. The van der Waals surface area contributed by atoms with Crippen LogP contribution in [0.5, 0.6) is 0 Å². The quantitative estimate of drug-likeness (QED) is 0.0169. The average Bonchev–Trinajstić information content (AvgIpc) is 0.903. The molecule has 604 valence electrons. The number of carbonyl (C=O) groups is 4. The smallest absolute Gasteiger partial charge is 0.462 e. The third-order valence-corrected chi connectivity index (χ3v) is 18.4. The Labute approximate surface area is 642 Å². The molecule has 0 aliphatic rings. The van der Waals surface area contributed by atoms with Crippen molar-refractivity contribution in [3.05, 3.63) is 158 Å². The van der Waals surface area contributed by atoms with Gasteiger partial charge in [0.2, 0.25) is 0 Å². The number of carbonyl (C=O) groups excluding carboxylic acids is 4. The summed E-state index contributed by atoms with van der Waals surface area (Å²) in [6.07, 6.45) is 90.9. The third-order valence-electron chi connectivity index (χ3n) is 16.5. The highest BCUT2D eigenvalue weighted by molar-refractivity contribution is 7.47. The zero-order valence-electron chi connectivity index (χ0n) is 66.1. The van der Waals surface area contributed by atoms with E-state index in [0.29, 0.717) is 32.1 Å². The lowest BCUT2D eigenvalue weighted by atomic mass is 10.1. The number of ether oxygens (including phenoxy) is 4. The van der Waals surface area contributed by atoms with E-state index >= 15 is 0 Å². The summed E-state index contributed by atoms with van der Waals surface area (Å²) >= 11 is 0. The van der Waals surface area contributed by atoms with Crippen molar-refractivity contribution in [3.8, 4) is 0 Å². The number of hydrogen-bond donors (Lipinski definition) is 3. The van der Waals surface area contributed by atoms with Crippen LogP contribution >= 0.6 is 15.6 Å². The largest absolute Gasteiger partial charge is 0.472 e. The molecule has 0 rings (SSSR count). The average molecular weight is 1520 g/mol. The van der Waals surface area contributed by atoms with E-state index in [1.807, 2.05) is 18.2 Å². The van der Waals surface area contributed by atoms with Gasteiger partial charge in [-0.15, -0.1) is 0 Å². The summed E-state index contributed by atoms with van der Waals surface area (Å²) in [5, 5.41) is 10.6. The molecule has 0 fully saturated rings. The Kier molecular flexibility index (Phi) is 73.9. The molecule has 0 saturated heterocycles. The number of esters is 4. The van der Waals surface area contributed by atoms with Gasteiger partial charge < -0.3 is 33.8 Å². The minimum atomic E-state index is -5.01. The first-order valence-corrected chi connectivity index (χ1v) is 43.7. The number of rotatable bonds is 75. The van der Waals surface area contributed by atoms with Crippen LogP contribution in [0.1, 0.15) is 310 Å². The topological polar surface area (TPSA) is 237 Å². The molecule has 2 unspecified atom stereocenters. The number of phosphoric ester groups is 2. The van der Waals surface area contributed by atoms with Crippen LogP contribution in [0.15, 0.2) is 158 Å². The Balaban J connectivity index is 5.49. The molecule has 0 radical (unpaired) electrons. The van der Waals surface area contributed by atoms with E-state index in [9.17, 15) is 43.2 Å². The molecule has 5 atom stereocenters. The number of allylic oxidation sites excluding steroid dienone is 26. The van der Waals surface area contributed by atoms with Gasteiger partial charge in [-0.05, 0) is 167 Å². The molecular formula is C87H144O17P2. The van der Waals surface area contributed by atoms with Crippen molar-refractivity contribution in [2.24, 2.45) is 0 Å². The minimum Gasteiger partial charge on any atom is -0.462 e. The van der Waals surface area contributed by atoms with Gasteiger partial charge in [0.1, 0.15) is 19.3 Å². The first-order valence-electron chi connectivity index (χ1n) is 40.7. The molecule has 0 amide bonds. The maximum absolute atomic E-state index is 13.1. The Morgan fingerprint density at radius 3 is 0.849 bits per heavy atom. The lowest BCUT2D eigenvalue weighted by molar-refractivity contribution is -0.161. The summed E-state index contributed by atoms with van der Waals surface area (Å²) in [4.78, 5) is 73.0. The van der Waals surface area contributed by atoms with E-state index < -0.39 is 97.5 Å². The molecule has 0 bridgehead atoms. The second-order valence-corrected chi connectivity index (χ2v) is 29.5. The molecule has 106 heavy (non-hydrogen) atoms. The van der Waals surface area contributed by atoms with Crippen molar-refractivity contribution >= 4 is 39.5 Å². The van der Waals surface area contributed by atoms with Crippen molar-refractivity contribution in [1.82, 2.24) is 0 Å². The molecule has 0 aromatic heterocycles. The van der Waals surface area contributed by atoms with Crippen molar-refractivity contribution < 1.29 is 80.2 Å². The highest BCUT2D eigenvalue weighted by atomic mass is 31.2. The van der Waals surface area contributed by atoms with E-state index in [0.717, 1.165) is 161 Å². The number of aliphatic hydroxyl groups is 1. The van der Waals surface area contributed by atoms with Crippen LogP contribution < -0.4 is 0 Å². The molecule has 0 aromatic rings. The Bertz CT molecular complexity index is 2630. The second-order valence-electron chi connectivity index (χ2n) is 26.6. The molecule has 0 saturated carbocycles. The summed E-state index contributed by atoms with van der Waals surface area (Å²) in [6, 6.07) is 0. The zero-order valence-corrected chi connectivity index (χ0v) is 67.8. The van der Waals surface area contributed by atoms with Gasteiger partial charge in [-0.3, -0.25) is 37.3 Å². The van der Waals surface area contributed by atoms with Gasteiger partial charge >= 0.3 is 39.5 Å². The standard InChI is InChI=1S/C87H144O17P2/c1-5-9-13-17-21-25-29-33-36-38-40-42-45-49-52-56-60-64-68-72-85(90)98-78-83(104-87(92)74-70-66-62-58-54-50-46-43-41-39-37-34-30-26-22-18-14-10-6-2)80-102-106(95,96)100-76-81(88)75-99-105(93,94)101-79-82(103-86(91)73-69-65-61-57-53-47-32-28-24-20-16-12-8-4)77-97-84(89)71-67-63-59-55-51-48-44-35-31-27-23-19-15-11-7-3/h9,13,21-23,25-28,32-37,40-44,49-50,52,54,62,66,81-83,88H,5-8,10-12,14-20,24,29-31,38-39,45-48,51,53,55-61,63-65,67-80H2,1-4H3,(H,93,94)(H,95,96)/b13-9-,25-21-,26-22-,27-23-,32-28-,36-33-,37-34-,42-40-,43-41-,44-35-,52-49-,54-50-,66-62-/t81-,82+,83+/m0/s1. The van der Waals surface area contributed by atoms with Crippen LogP contribution in [0.25, 0.3) is 0 Å². The van der Waals surface area contributed by atoms with Crippen LogP contribution in [0.4, 0.5) is 0 Å². The monoisotopic (exact) mass is 1520 g/mol. The molecular weight excluding hydrogens is 1380 g/mol. The summed E-state index contributed by atoms with van der Waals surface area (Å²) in [5.74, 6) is -2.34. The zero-order chi connectivity index (χ0) is 77.4.